The van der Waals surface area contributed by atoms with Gasteiger partial charge in [-0.15, -0.1) is 0 Å². The van der Waals surface area contributed by atoms with E-state index in [-0.39, 0.29) is 17.5 Å². The highest BCUT2D eigenvalue weighted by molar-refractivity contribution is 5.57. The van der Waals surface area contributed by atoms with E-state index in [9.17, 15) is 10.1 Å². The predicted octanol–water partition coefficient (Wildman–Crippen LogP) is 2.19. The number of aryl methyl sites for hydroxylation is 1. The lowest BCUT2D eigenvalue weighted by molar-refractivity contribution is -0.384. The van der Waals surface area contributed by atoms with Crippen LogP contribution >= 0.6 is 0 Å². The first-order valence-corrected chi connectivity index (χ1v) is 5.45. The van der Waals surface area contributed by atoms with Crippen LogP contribution in [-0.2, 0) is 0 Å². The van der Waals surface area contributed by atoms with Crippen molar-refractivity contribution >= 4 is 11.5 Å². The van der Waals surface area contributed by atoms with Gasteiger partial charge in [0.1, 0.15) is 0 Å². The van der Waals surface area contributed by atoms with E-state index in [0.29, 0.717) is 0 Å². The van der Waals surface area contributed by atoms with E-state index in [1.807, 2.05) is 6.92 Å². The van der Waals surface area contributed by atoms with Crippen LogP contribution in [0.5, 0.6) is 0 Å². The van der Waals surface area contributed by atoms with E-state index in [1.165, 1.54) is 6.07 Å². The molecule has 0 spiro atoms. The number of hydrogen-bond acceptors (Lipinski definition) is 5. The van der Waals surface area contributed by atoms with Gasteiger partial charge in [0.15, 0.2) is 0 Å². The van der Waals surface area contributed by atoms with Gasteiger partial charge in [-0.1, -0.05) is 0 Å². The minimum atomic E-state index is -0.448. The van der Waals surface area contributed by atoms with Gasteiger partial charge in [-0.2, -0.15) is 5.10 Å². The molecule has 0 amide bonds. The number of pyridine rings is 1. The molecule has 0 saturated carbocycles. The molecule has 0 aliphatic heterocycles. The highest BCUT2D eigenvalue weighted by Crippen LogP contribution is 2.25. The van der Waals surface area contributed by atoms with E-state index in [4.69, 9.17) is 0 Å². The fraction of sp³-hybridized carbons (Fsp3) is 0.273. The van der Waals surface area contributed by atoms with Crippen LogP contribution in [0.1, 0.15) is 24.2 Å². The molecule has 18 heavy (non-hydrogen) atoms. The lowest BCUT2D eigenvalue weighted by Crippen LogP contribution is -2.09. The summed E-state index contributed by atoms with van der Waals surface area (Å²) in [4.78, 5) is 14.6. The monoisotopic (exact) mass is 247 g/mol. The Morgan fingerprint density at radius 3 is 2.89 bits per heavy atom. The molecule has 0 bridgehead atoms. The lowest BCUT2D eigenvalue weighted by atomic mass is 10.2. The Hall–Kier alpha value is -2.44. The average molecular weight is 247 g/mol. The maximum Gasteiger partial charge on any atom is 0.311 e. The maximum absolute atomic E-state index is 10.9. The molecular weight excluding hydrogens is 234 g/mol. The number of aromatic amines is 1. The summed E-state index contributed by atoms with van der Waals surface area (Å²) in [6, 6.07) is 2.95. The van der Waals surface area contributed by atoms with Crippen LogP contribution in [-0.4, -0.2) is 20.1 Å². The van der Waals surface area contributed by atoms with Crippen molar-refractivity contribution in [2.75, 3.05) is 5.32 Å². The standard InChI is InChI=1S/C11H13N5O2/c1-7-3-4-10(16(17)18)11(14-7)15-8(2)9-5-12-13-6-9/h3-6,8H,1-2H3,(H,12,13)(H,14,15). The zero-order chi connectivity index (χ0) is 13.1. The van der Waals surface area contributed by atoms with Crippen LogP contribution in [0.25, 0.3) is 0 Å². The van der Waals surface area contributed by atoms with Gasteiger partial charge >= 0.3 is 5.69 Å². The quantitative estimate of drug-likeness (QED) is 0.637. The molecule has 0 saturated heterocycles. The molecule has 0 aliphatic rings. The first-order valence-electron chi connectivity index (χ1n) is 5.45. The number of H-pyrrole nitrogens is 1. The lowest BCUT2D eigenvalue weighted by Gasteiger charge is -2.13. The third-order valence-electron chi connectivity index (χ3n) is 2.58. The highest BCUT2D eigenvalue weighted by Gasteiger charge is 2.17. The second-order valence-electron chi connectivity index (χ2n) is 3.98. The van der Waals surface area contributed by atoms with Gasteiger partial charge in [-0.05, 0) is 19.9 Å². The second kappa shape index (κ2) is 4.82. The molecule has 0 fully saturated rings. The number of nitro groups is 1. The summed E-state index contributed by atoms with van der Waals surface area (Å²) in [6.45, 7) is 3.68. The fourth-order valence-corrected chi connectivity index (χ4v) is 1.59. The molecule has 2 rings (SSSR count). The van der Waals surface area contributed by atoms with Gasteiger partial charge in [-0.25, -0.2) is 4.98 Å². The zero-order valence-corrected chi connectivity index (χ0v) is 10.0. The molecule has 94 valence electrons. The number of rotatable bonds is 4. The van der Waals surface area contributed by atoms with Crippen molar-refractivity contribution in [3.8, 4) is 0 Å². The minimum absolute atomic E-state index is 0.0315. The first kappa shape index (κ1) is 12.0. The molecule has 2 heterocycles. The molecule has 2 N–H and O–H groups in total. The van der Waals surface area contributed by atoms with E-state index in [1.54, 1.807) is 25.4 Å². The summed E-state index contributed by atoms with van der Waals surface area (Å²) < 4.78 is 0. The van der Waals surface area contributed by atoms with E-state index >= 15 is 0 Å². The maximum atomic E-state index is 10.9. The van der Waals surface area contributed by atoms with Gasteiger partial charge in [-0.3, -0.25) is 15.2 Å². The summed E-state index contributed by atoms with van der Waals surface area (Å²) in [5.41, 5.74) is 1.60. The van der Waals surface area contributed by atoms with Crippen molar-refractivity contribution in [3.63, 3.8) is 0 Å². The van der Waals surface area contributed by atoms with Crippen molar-refractivity contribution in [2.24, 2.45) is 0 Å². The van der Waals surface area contributed by atoms with Crippen LogP contribution in [0.3, 0.4) is 0 Å². The second-order valence-corrected chi connectivity index (χ2v) is 3.98. The first-order chi connectivity index (χ1) is 8.58. The normalized spacial score (nSPS) is 12.1. The van der Waals surface area contributed by atoms with Crippen LogP contribution in [0.2, 0.25) is 0 Å². The summed E-state index contributed by atoms with van der Waals surface area (Å²) in [5.74, 6) is 0.272. The third kappa shape index (κ3) is 2.45. The molecule has 7 heteroatoms. The average Bonchev–Trinajstić information content (AvgIpc) is 2.81. The topological polar surface area (TPSA) is 96.7 Å². The van der Waals surface area contributed by atoms with Crippen LogP contribution in [0.15, 0.2) is 24.5 Å². The summed E-state index contributed by atoms with van der Waals surface area (Å²) in [5, 5.41) is 20.5. The van der Waals surface area contributed by atoms with Crippen molar-refractivity contribution in [3.05, 3.63) is 45.9 Å². The Morgan fingerprint density at radius 1 is 1.50 bits per heavy atom. The molecule has 1 unspecified atom stereocenters. The van der Waals surface area contributed by atoms with Crippen molar-refractivity contribution in [1.29, 1.82) is 0 Å². The Bertz CT molecular complexity index is 553. The summed E-state index contributed by atoms with van der Waals surface area (Å²) >= 11 is 0. The van der Waals surface area contributed by atoms with Gasteiger partial charge in [0.05, 0.1) is 17.2 Å². The van der Waals surface area contributed by atoms with Gasteiger partial charge in [0, 0.05) is 23.5 Å². The molecule has 1 atom stereocenters. The molecular formula is C11H13N5O2. The van der Waals surface area contributed by atoms with Crippen LogP contribution < -0.4 is 5.32 Å². The Morgan fingerprint density at radius 2 is 2.28 bits per heavy atom. The molecule has 0 aromatic carbocycles. The Kier molecular flexibility index (Phi) is 3.22. The summed E-state index contributed by atoms with van der Waals surface area (Å²) in [6.07, 6.45) is 3.40. The number of anilines is 1. The highest BCUT2D eigenvalue weighted by atomic mass is 16.6. The molecule has 2 aromatic rings. The molecule has 2 aromatic heterocycles. The van der Waals surface area contributed by atoms with Crippen molar-refractivity contribution in [2.45, 2.75) is 19.9 Å². The molecule has 0 aliphatic carbocycles. The van der Waals surface area contributed by atoms with Gasteiger partial charge < -0.3 is 5.32 Å². The summed E-state index contributed by atoms with van der Waals surface area (Å²) in [7, 11) is 0. The predicted molar refractivity (Wildman–Crippen MR) is 66.3 cm³/mol. The number of aromatic nitrogens is 3. The van der Waals surface area contributed by atoms with Crippen LogP contribution in [0, 0.1) is 17.0 Å². The minimum Gasteiger partial charge on any atom is -0.358 e. The molecule has 7 nitrogen and oxygen atoms in total. The molecule has 0 radical (unpaired) electrons. The third-order valence-corrected chi connectivity index (χ3v) is 2.58. The van der Waals surface area contributed by atoms with Gasteiger partial charge in [0.25, 0.3) is 0 Å². The SMILES string of the molecule is Cc1ccc([N+](=O)[O-])c(NC(C)c2cn[nH]c2)n1. The van der Waals surface area contributed by atoms with Crippen molar-refractivity contribution in [1.82, 2.24) is 15.2 Å². The van der Waals surface area contributed by atoms with Crippen molar-refractivity contribution < 1.29 is 4.92 Å². The van der Waals surface area contributed by atoms with E-state index in [0.717, 1.165) is 11.3 Å². The van der Waals surface area contributed by atoms with E-state index < -0.39 is 4.92 Å². The Labute approximate surface area is 103 Å². The number of nitrogens with zero attached hydrogens (tertiary/aromatic N) is 3. The van der Waals surface area contributed by atoms with Crippen LogP contribution in [0.4, 0.5) is 11.5 Å². The smallest absolute Gasteiger partial charge is 0.311 e. The zero-order valence-electron chi connectivity index (χ0n) is 10.0. The fourth-order valence-electron chi connectivity index (χ4n) is 1.59. The number of hydrogen-bond donors (Lipinski definition) is 2. The van der Waals surface area contributed by atoms with Gasteiger partial charge in [0.2, 0.25) is 5.82 Å². The Balaban J connectivity index is 2.28. The largest absolute Gasteiger partial charge is 0.358 e. The number of nitrogens with one attached hydrogen (secondary N) is 2. The van der Waals surface area contributed by atoms with E-state index in [2.05, 4.69) is 20.5 Å².